The van der Waals surface area contributed by atoms with Crippen LogP contribution in [0.3, 0.4) is 0 Å². The lowest BCUT2D eigenvalue weighted by molar-refractivity contribution is 0.224. The molecule has 0 aliphatic heterocycles. The lowest BCUT2D eigenvalue weighted by atomic mass is 9.78. The van der Waals surface area contributed by atoms with Gasteiger partial charge in [-0.05, 0) is 74.1 Å². The number of hydrogen-bond acceptors (Lipinski definition) is 2. The summed E-state index contributed by atoms with van der Waals surface area (Å²) in [5.74, 6) is -4.59. The third-order valence-electron chi connectivity index (χ3n) is 6.09. The third-order valence-corrected chi connectivity index (χ3v) is 6.09. The highest BCUT2D eigenvalue weighted by atomic mass is 19.2. The van der Waals surface area contributed by atoms with Gasteiger partial charge in [-0.2, -0.15) is 8.78 Å². The third kappa shape index (κ3) is 7.61. The minimum absolute atomic E-state index is 0.0166. The van der Waals surface area contributed by atoms with Gasteiger partial charge in [-0.25, -0.2) is 8.78 Å². The molecular weight excluding hydrogens is 468 g/mol. The van der Waals surface area contributed by atoms with Crippen molar-refractivity contribution in [2.45, 2.75) is 45.4 Å². The fraction of sp³-hybridized carbons (Fsp3) is 0.333. The van der Waals surface area contributed by atoms with E-state index in [1.165, 1.54) is 18.2 Å². The molecule has 2 nitrogen and oxygen atoms in total. The summed E-state index contributed by atoms with van der Waals surface area (Å²) in [6.07, 6.45) is 10.5. The van der Waals surface area contributed by atoms with Gasteiger partial charge in [-0.15, -0.1) is 0 Å². The van der Waals surface area contributed by atoms with Crippen LogP contribution < -0.4 is 4.74 Å². The molecule has 0 spiro atoms. The summed E-state index contributed by atoms with van der Waals surface area (Å²) in [5, 5.41) is 0. The normalized spacial score (nSPS) is 18.7. The van der Waals surface area contributed by atoms with Crippen LogP contribution in [0.15, 0.2) is 96.9 Å². The topological polar surface area (TPSA) is 18.5 Å². The van der Waals surface area contributed by atoms with Gasteiger partial charge in [-0.3, -0.25) is 0 Å². The Hall–Kier alpha value is -3.28. The van der Waals surface area contributed by atoms with Crippen molar-refractivity contribution in [3.8, 4) is 5.75 Å². The van der Waals surface area contributed by atoms with Crippen molar-refractivity contribution in [2.75, 3.05) is 13.2 Å². The molecule has 0 N–H and O–H groups in total. The van der Waals surface area contributed by atoms with E-state index in [1.54, 1.807) is 13.0 Å². The van der Waals surface area contributed by atoms with Crippen LogP contribution in [-0.2, 0) is 4.74 Å². The Labute approximate surface area is 211 Å². The first-order valence-electron chi connectivity index (χ1n) is 12.0. The van der Waals surface area contributed by atoms with E-state index < -0.39 is 29.0 Å². The van der Waals surface area contributed by atoms with E-state index in [4.69, 9.17) is 9.47 Å². The summed E-state index contributed by atoms with van der Waals surface area (Å²) in [7, 11) is 0. The van der Waals surface area contributed by atoms with Gasteiger partial charge >= 0.3 is 0 Å². The molecule has 1 aliphatic rings. The first kappa shape index (κ1) is 29.0. The number of rotatable bonds is 12. The van der Waals surface area contributed by atoms with Crippen LogP contribution in [0.1, 0.15) is 51.0 Å². The molecule has 0 aromatic heterocycles. The molecule has 0 atom stereocenters. The van der Waals surface area contributed by atoms with Crippen LogP contribution in [0.4, 0.5) is 17.6 Å². The number of halogens is 4. The molecule has 6 heteroatoms. The molecular formula is C30H34F4O2. The van der Waals surface area contributed by atoms with Crippen molar-refractivity contribution >= 4 is 0 Å². The molecule has 36 heavy (non-hydrogen) atoms. The van der Waals surface area contributed by atoms with E-state index >= 15 is 0 Å². The van der Waals surface area contributed by atoms with Gasteiger partial charge in [0.05, 0.1) is 6.61 Å². The van der Waals surface area contributed by atoms with Crippen LogP contribution >= 0.6 is 0 Å². The Morgan fingerprint density at radius 3 is 2.25 bits per heavy atom. The van der Waals surface area contributed by atoms with E-state index in [0.717, 1.165) is 25.7 Å². The predicted molar refractivity (Wildman–Crippen MR) is 138 cm³/mol. The maximum Gasteiger partial charge on any atom is 0.200 e. The molecule has 1 fully saturated rings. The Kier molecular flexibility index (Phi) is 11.0. The van der Waals surface area contributed by atoms with E-state index in [-0.39, 0.29) is 36.0 Å². The Morgan fingerprint density at radius 2 is 1.64 bits per heavy atom. The molecule has 0 unspecified atom stereocenters. The maximum atomic E-state index is 14.8. The number of allylic oxidation sites excluding steroid dienone is 7. The Bertz CT molecular complexity index is 1090. The van der Waals surface area contributed by atoms with Crippen LogP contribution in [0.5, 0.6) is 5.75 Å². The quantitative estimate of drug-likeness (QED) is 0.123. The summed E-state index contributed by atoms with van der Waals surface area (Å²) in [6, 6.07) is 3.01. The number of hydrogen-bond donors (Lipinski definition) is 0. The molecule has 2 rings (SSSR count). The average Bonchev–Trinajstić information content (AvgIpc) is 2.87. The minimum Gasteiger partial charge on any atom is -0.491 e. The molecule has 1 aromatic carbocycles. The van der Waals surface area contributed by atoms with E-state index in [0.29, 0.717) is 17.1 Å². The van der Waals surface area contributed by atoms with Crippen LogP contribution in [0.25, 0.3) is 0 Å². The van der Waals surface area contributed by atoms with E-state index in [9.17, 15) is 17.6 Å². The monoisotopic (exact) mass is 502 g/mol. The second-order valence-corrected chi connectivity index (χ2v) is 8.69. The van der Waals surface area contributed by atoms with Crippen molar-refractivity contribution in [1.29, 1.82) is 0 Å². The highest BCUT2D eigenvalue weighted by Crippen LogP contribution is 2.39. The van der Waals surface area contributed by atoms with Gasteiger partial charge in [0.2, 0.25) is 11.6 Å². The molecule has 0 saturated heterocycles. The molecule has 1 saturated carbocycles. The zero-order valence-corrected chi connectivity index (χ0v) is 21.0. The highest BCUT2D eigenvalue weighted by Gasteiger charge is 2.25. The first-order valence-corrected chi connectivity index (χ1v) is 12.0. The molecule has 0 heterocycles. The molecule has 1 aliphatic carbocycles. The summed E-state index contributed by atoms with van der Waals surface area (Å²) < 4.78 is 68.0. The largest absolute Gasteiger partial charge is 0.491 e. The van der Waals surface area contributed by atoms with Crippen molar-refractivity contribution in [2.24, 2.45) is 5.92 Å². The Balaban J connectivity index is 1.97. The van der Waals surface area contributed by atoms with Crippen molar-refractivity contribution in [3.63, 3.8) is 0 Å². The summed E-state index contributed by atoms with van der Waals surface area (Å²) in [6.45, 7) is 17.8. The van der Waals surface area contributed by atoms with Crippen LogP contribution in [0, 0.1) is 17.6 Å². The van der Waals surface area contributed by atoms with Crippen molar-refractivity contribution in [3.05, 3.63) is 114 Å². The van der Waals surface area contributed by atoms with Crippen LogP contribution in [-0.4, -0.2) is 13.2 Å². The SMILES string of the molecule is C=C(/C=C\C(=C)C(=C)/C(F)=C(/F)C(=C)OCC)COc1ccc(C2CCC(/C=C/C)CC2)c(F)c1F. The standard InChI is InChI=1S/C30H34F4O2/c1-7-9-23-12-14-24(15-13-23)25-16-17-26(30(34)29(25)33)36-18-19(3)10-11-20(4)21(5)27(31)28(32)22(6)35-8-2/h7,9-11,16-17,23-24H,3-6,8,12-15,18H2,1-2H3/b9-7+,11-10-,28-27-. The highest BCUT2D eigenvalue weighted by molar-refractivity contribution is 5.49. The number of ether oxygens (including phenoxy) is 2. The molecule has 0 amide bonds. The lowest BCUT2D eigenvalue weighted by Gasteiger charge is -2.27. The van der Waals surface area contributed by atoms with Crippen molar-refractivity contribution < 1.29 is 27.0 Å². The lowest BCUT2D eigenvalue weighted by Crippen LogP contribution is -2.14. The minimum atomic E-state index is -1.26. The zero-order valence-electron chi connectivity index (χ0n) is 21.0. The predicted octanol–water partition coefficient (Wildman–Crippen LogP) is 9.12. The molecule has 1 aromatic rings. The summed E-state index contributed by atoms with van der Waals surface area (Å²) >= 11 is 0. The first-order chi connectivity index (χ1) is 17.1. The summed E-state index contributed by atoms with van der Waals surface area (Å²) in [5.41, 5.74) is 0.543. The second-order valence-electron chi connectivity index (χ2n) is 8.69. The Morgan fingerprint density at radius 1 is 0.972 bits per heavy atom. The maximum absolute atomic E-state index is 14.8. The molecule has 0 bridgehead atoms. The van der Waals surface area contributed by atoms with Gasteiger partial charge in [0.25, 0.3) is 0 Å². The van der Waals surface area contributed by atoms with Gasteiger partial charge in [0.1, 0.15) is 6.61 Å². The van der Waals surface area contributed by atoms with Gasteiger partial charge < -0.3 is 9.47 Å². The smallest absolute Gasteiger partial charge is 0.200 e. The van der Waals surface area contributed by atoms with Crippen molar-refractivity contribution in [1.82, 2.24) is 0 Å². The van der Waals surface area contributed by atoms with E-state index in [1.807, 2.05) is 13.0 Å². The second kappa shape index (κ2) is 13.7. The molecule has 194 valence electrons. The fourth-order valence-electron chi connectivity index (χ4n) is 4.04. The van der Waals surface area contributed by atoms with Gasteiger partial charge in [-0.1, -0.05) is 56.7 Å². The number of benzene rings is 1. The van der Waals surface area contributed by atoms with Gasteiger partial charge in [0, 0.05) is 5.57 Å². The fourth-order valence-corrected chi connectivity index (χ4v) is 4.04. The summed E-state index contributed by atoms with van der Waals surface area (Å²) in [4.78, 5) is 0. The van der Waals surface area contributed by atoms with E-state index in [2.05, 4.69) is 32.4 Å². The van der Waals surface area contributed by atoms with Crippen LogP contribution in [0.2, 0.25) is 0 Å². The molecule has 0 radical (unpaired) electrons. The van der Waals surface area contributed by atoms with Gasteiger partial charge in [0.15, 0.2) is 23.2 Å². The average molecular weight is 503 g/mol. The zero-order chi connectivity index (χ0) is 26.8.